The Hall–Kier alpha value is -2.24. The predicted octanol–water partition coefficient (Wildman–Crippen LogP) is 6.97. The van der Waals surface area contributed by atoms with Gasteiger partial charge in [0.2, 0.25) is 0 Å². The maximum atomic E-state index is 12.3. The molecule has 1 N–H and O–H groups in total. The highest BCUT2D eigenvalue weighted by atomic mass is 35.5. The molecule has 0 atom stereocenters. The number of aliphatic imine (C=N–C) groups is 1. The molecule has 0 spiro atoms. The van der Waals surface area contributed by atoms with Gasteiger partial charge in [0.25, 0.3) is 5.91 Å². The standard InChI is InChI=1S/C24H27ClN2O2S/c1-2-3-4-5-6-9-16-29-19-14-12-18(13-15-19)17-22-23(28)27-24(30-22)26-21-11-8-7-10-20(21)25/h7-8,10-15,17H,2-6,9,16H2,1H3,(H,26,27,28)/b22-17+. The number of para-hydroxylation sites is 1. The van der Waals surface area contributed by atoms with Gasteiger partial charge in [-0.1, -0.05) is 74.9 Å². The van der Waals surface area contributed by atoms with Crippen molar-refractivity contribution in [3.63, 3.8) is 0 Å². The molecule has 158 valence electrons. The predicted molar refractivity (Wildman–Crippen MR) is 128 cm³/mol. The summed E-state index contributed by atoms with van der Waals surface area (Å²) in [7, 11) is 0. The molecular weight excluding hydrogens is 416 g/mol. The first-order valence-electron chi connectivity index (χ1n) is 10.4. The summed E-state index contributed by atoms with van der Waals surface area (Å²) < 4.78 is 5.82. The lowest BCUT2D eigenvalue weighted by Crippen LogP contribution is -2.19. The number of carbonyl (C=O) groups is 1. The lowest BCUT2D eigenvalue weighted by atomic mass is 10.1. The number of amides is 1. The van der Waals surface area contributed by atoms with E-state index in [2.05, 4.69) is 17.2 Å². The van der Waals surface area contributed by atoms with E-state index in [-0.39, 0.29) is 5.91 Å². The molecule has 1 amide bonds. The number of rotatable bonds is 10. The fraction of sp³-hybridized carbons (Fsp3) is 0.333. The summed E-state index contributed by atoms with van der Waals surface area (Å²) in [5, 5.41) is 3.86. The van der Waals surface area contributed by atoms with Gasteiger partial charge in [-0.3, -0.25) is 4.79 Å². The van der Waals surface area contributed by atoms with Gasteiger partial charge in [0, 0.05) is 0 Å². The van der Waals surface area contributed by atoms with Crippen molar-refractivity contribution in [2.75, 3.05) is 6.61 Å². The Labute approximate surface area is 187 Å². The molecule has 30 heavy (non-hydrogen) atoms. The highest BCUT2D eigenvalue weighted by Crippen LogP contribution is 2.31. The van der Waals surface area contributed by atoms with Crippen LogP contribution in [-0.2, 0) is 4.79 Å². The average Bonchev–Trinajstić information content (AvgIpc) is 3.09. The molecule has 0 aromatic heterocycles. The molecule has 1 aliphatic heterocycles. The van der Waals surface area contributed by atoms with Crippen LogP contribution in [0.5, 0.6) is 5.75 Å². The molecule has 0 unspecified atom stereocenters. The molecule has 6 heteroatoms. The number of carbonyl (C=O) groups excluding carboxylic acids is 1. The third-order valence-electron chi connectivity index (χ3n) is 4.67. The van der Waals surface area contributed by atoms with Crippen molar-refractivity contribution in [3.8, 4) is 5.75 Å². The Bertz CT molecular complexity index is 910. The van der Waals surface area contributed by atoms with Gasteiger partial charge >= 0.3 is 0 Å². The second-order valence-electron chi connectivity index (χ2n) is 7.12. The zero-order valence-electron chi connectivity index (χ0n) is 17.2. The van der Waals surface area contributed by atoms with E-state index in [0.29, 0.717) is 20.8 Å². The highest BCUT2D eigenvalue weighted by Gasteiger charge is 2.24. The maximum absolute atomic E-state index is 12.3. The van der Waals surface area contributed by atoms with Crippen molar-refractivity contribution in [1.29, 1.82) is 0 Å². The first-order valence-corrected chi connectivity index (χ1v) is 11.6. The van der Waals surface area contributed by atoms with E-state index in [0.717, 1.165) is 24.3 Å². The Kier molecular flexibility index (Phi) is 8.84. The zero-order chi connectivity index (χ0) is 21.2. The number of thioether (sulfide) groups is 1. The van der Waals surface area contributed by atoms with Crippen molar-refractivity contribution in [2.24, 2.45) is 4.99 Å². The summed E-state index contributed by atoms with van der Waals surface area (Å²) in [6.07, 6.45) is 9.35. The number of halogens is 1. The smallest absolute Gasteiger partial charge is 0.264 e. The lowest BCUT2D eigenvalue weighted by Gasteiger charge is -2.06. The van der Waals surface area contributed by atoms with E-state index < -0.39 is 0 Å². The summed E-state index contributed by atoms with van der Waals surface area (Å²) in [6, 6.07) is 15.1. The summed E-state index contributed by atoms with van der Waals surface area (Å²) in [5.41, 5.74) is 1.58. The van der Waals surface area contributed by atoms with Gasteiger partial charge in [-0.25, -0.2) is 4.99 Å². The molecule has 0 aliphatic carbocycles. The van der Waals surface area contributed by atoms with Gasteiger partial charge in [-0.05, 0) is 54.1 Å². The molecule has 1 aliphatic rings. The van der Waals surface area contributed by atoms with E-state index in [1.165, 1.54) is 43.9 Å². The molecule has 0 saturated carbocycles. The number of hydrogen-bond acceptors (Lipinski definition) is 4. The maximum Gasteiger partial charge on any atom is 0.264 e. The fourth-order valence-corrected chi connectivity index (χ4v) is 4.03. The van der Waals surface area contributed by atoms with E-state index in [1.54, 1.807) is 6.07 Å². The molecule has 0 radical (unpaired) electrons. The number of benzene rings is 2. The van der Waals surface area contributed by atoms with Crippen molar-refractivity contribution < 1.29 is 9.53 Å². The largest absolute Gasteiger partial charge is 0.494 e. The Morgan fingerprint density at radius 2 is 1.77 bits per heavy atom. The van der Waals surface area contributed by atoms with Crippen LogP contribution in [-0.4, -0.2) is 17.7 Å². The highest BCUT2D eigenvalue weighted by molar-refractivity contribution is 8.18. The normalized spacial score (nSPS) is 16.3. The fourth-order valence-electron chi connectivity index (χ4n) is 3.02. The van der Waals surface area contributed by atoms with Crippen LogP contribution in [0.2, 0.25) is 5.02 Å². The Morgan fingerprint density at radius 1 is 1.03 bits per heavy atom. The first-order chi connectivity index (χ1) is 14.7. The number of unbranched alkanes of at least 4 members (excludes halogenated alkanes) is 5. The monoisotopic (exact) mass is 442 g/mol. The molecule has 2 aromatic rings. The van der Waals surface area contributed by atoms with Crippen LogP contribution in [0.4, 0.5) is 5.69 Å². The van der Waals surface area contributed by atoms with Gasteiger partial charge in [-0.2, -0.15) is 0 Å². The topological polar surface area (TPSA) is 50.7 Å². The molecule has 1 fully saturated rings. The van der Waals surface area contributed by atoms with Crippen molar-refractivity contribution in [1.82, 2.24) is 5.32 Å². The number of nitrogens with zero attached hydrogens (tertiary/aromatic N) is 1. The molecule has 0 bridgehead atoms. The van der Waals surface area contributed by atoms with Gasteiger partial charge in [0.05, 0.1) is 22.2 Å². The summed E-state index contributed by atoms with van der Waals surface area (Å²) in [5.74, 6) is 0.699. The Balaban J connectivity index is 1.52. The van der Waals surface area contributed by atoms with Crippen LogP contribution in [0.15, 0.2) is 58.4 Å². The summed E-state index contributed by atoms with van der Waals surface area (Å²) in [6.45, 7) is 2.97. The van der Waals surface area contributed by atoms with Crippen molar-refractivity contribution in [2.45, 2.75) is 45.4 Å². The minimum absolute atomic E-state index is 0.158. The molecule has 4 nitrogen and oxygen atoms in total. The third kappa shape index (κ3) is 6.92. The first kappa shape index (κ1) is 22.4. The molecule has 1 saturated heterocycles. The van der Waals surface area contributed by atoms with Crippen LogP contribution < -0.4 is 10.1 Å². The second kappa shape index (κ2) is 11.8. The van der Waals surface area contributed by atoms with Crippen LogP contribution in [0.25, 0.3) is 6.08 Å². The Morgan fingerprint density at radius 3 is 2.53 bits per heavy atom. The van der Waals surface area contributed by atoms with Gasteiger partial charge in [0.15, 0.2) is 5.17 Å². The second-order valence-corrected chi connectivity index (χ2v) is 8.56. The van der Waals surface area contributed by atoms with E-state index >= 15 is 0 Å². The SMILES string of the molecule is CCCCCCCCOc1ccc(/C=C2/SC(=Nc3ccccc3Cl)NC2=O)cc1. The molecule has 3 rings (SSSR count). The minimum Gasteiger partial charge on any atom is -0.494 e. The summed E-state index contributed by atoms with van der Waals surface area (Å²) in [4.78, 5) is 17.3. The van der Waals surface area contributed by atoms with Crippen molar-refractivity contribution >= 4 is 46.2 Å². The minimum atomic E-state index is -0.158. The number of hydrogen-bond donors (Lipinski definition) is 1. The molecular formula is C24H27ClN2O2S. The van der Waals surface area contributed by atoms with Crippen LogP contribution in [0.1, 0.15) is 51.0 Å². The average molecular weight is 443 g/mol. The van der Waals surface area contributed by atoms with Crippen molar-refractivity contribution in [3.05, 3.63) is 64.0 Å². The van der Waals surface area contributed by atoms with Gasteiger partial charge < -0.3 is 10.1 Å². The number of amidine groups is 1. The van der Waals surface area contributed by atoms with Crippen LogP contribution in [0, 0.1) is 0 Å². The van der Waals surface area contributed by atoms with Crippen LogP contribution >= 0.6 is 23.4 Å². The number of ether oxygens (including phenoxy) is 1. The number of nitrogens with one attached hydrogen (secondary N) is 1. The van der Waals surface area contributed by atoms with Crippen LogP contribution in [0.3, 0.4) is 0 Å². The van der Waals surface area contributed by atoms with Gasteiger partial charge in [-0.15, -0.1) is 0 Å². The van der Waals surface area contributed by atoms with Gasteiger partial charge in [0.1, 0.15) is 5.75 Å². The third-order valence-corrected chi connectivity index (χ3v) is 5.90. The van der Waals surface area contributed by atoms with E-state index in [9.17, 15) is 4.79 Å². The lowest BCUT2D eigenvalue weighted by molar-refractivity contribution is -0.115. The summed E-state index contributed by atoms with van der Waals surface area (Å²) >= 11 is 7.44. The van der Waals surface area contributed by atoms with E-state index in [4.69, 9.17) is 16.3 Å². The molecule has 1 heterocycles. The quantitative estimate of drug-likeness (QED) is 0.319. The molecule has 2 aromatic carbocycles. The zero-order valence-corrected chi connectivity index (χ0v) is 18.8. The van der Waals surface area contributed by atoms with E-state index in [1.807, 2.05) is 48.5 Å².